The number of methoxy groups -OCH3 is 1. The van der Waals surface area contributed by atoms with E-state index in [1.165, 1.54) is 12.8 Å². The lowest BCUT2D eigenvalue weighted by Crippen LogP contribution is -2.38. The Hall–Kier alpha value is -0.590. The van der Waals surface area contributed by atoms with E-state index in [1.54, 1.807) is 7.11 Å². The van der Waals surface area contributed by atoms with Crippen LogP contribution in [0.25, 0.3) is 0 Å². The molecule has 3 heteroatoms. The molecule has 80 valence electrons. The maximum atomic E-state index is 8.74. The van der Waals surface area contributed by atoms with Gasteiger partial charge in [0.1, 0.15) is 0 Å². The van der Waals surface area contributed by atoms with Gasteiger partial charge in [0.25, 0.3) is 0 Å². The van der Waals surface area contributed by atoms with Gasteiger partial charge in [-0.15, -0.1) is 0 Å². The topological polar surface area (TPSA) is 36.3 Å². The van der Waals surface area contributed by atoms with E-state index in [4.69, 9.17) is 10.00 Å². The standard InChI is InChI=1S/C11H20N2O/c1-3-10(6-7-12)13(8-9-14-2)11-4-5-11/h10-11H,3-6,8-9H2,1-2H3. The molecule has 0 heterocycles. The van der Waals surface area contributed by atoms with Crippen molar-refractivity contribution in [1.29, 1.82) is 5.26 Å². The molecule has 0 aromatic heterocycles. The predicted molar refractivity (Wildman–Crippen MR) is 55.9 cm³/mol. The van der Waals surface area contributed by atoms with E-state index >= 15 is 0 Å². The van der Waals surface area contributed by atoms with E-state index in [2.05, 4.69) is 17.9 Å². The van der Waals surface area contributed by atoms with Crippen molar-refractivity contribution in [2.75, 3.05) is 20.3 Å². The Kier molecular flexibility index (Phi) is 4.92. The van der Waals surface area contributed by atoms with E-state index in [0.717, 1.165) is 25.6 Å². The van der Waals surface area contributed by atoms with Gasteiger partial charge < -0.3 is 4.74 Å². The summed E-state index contributed by atoms with van der Waals surface area (Å²) in [5, 5.41) is 8.74. The average Bonchev–Trinajstić information content (AvgIpc) is 3.00. The van der Waals surface area contributed by atoms with Crippen molar-refractivity contribution in [3.8, 4) is 6.07 Å². The van der Waals surface area contributed by atoms with Gasteiger partial charge >= 0.3 is 0 Å². The first-order chi connectivity index (χ1) is 6.83. The van der Waals surface area contributed by atoms with Crippen LogP contribution in [0.15, 0.2) is 0 Å². The van der Waals surface area contributed by atoms with Crippen molar-refractivity contribution >= 4 is 0 Å². The summed E-state index contributed by atoms with van der Waals surface area (Å²) in [6, 6.07) is 3.43. The molecule has 14 heavy (non-hydrogen) atoms. The minimum atomic E-state index is 0.433. The third-order valence-electron chi connectivity index (χ3n) is 2.84. The molecule has 1 saturated carbocycles. The molecule has 0 spiro atoms. The lowest BCUT2D eigenvalue weighted by Gasteiger charge is -2.29. The van der Waals surface area contributed by atoms with Crippen molar-refractivity contribution in [1.82, 2.24) is 4.90 Å². The SMILES string of the molecule is CCC(CC#N)N(CCOC)C1CC1. The van der Waals surface area contributed by atoms with Gasteiger partial charge in [0.15, 0.2) is 0 Å². The maximum absolute atomic E-state index is 8.74. The van der Waals surface area contributed by atoms with E-state index in [9.17, 15) is 0 Å². The van der Waals surface area contributed by atoms with Gasteiger partial charge in [-0.05, 0) is 19.3 Å². The van der Waals surface area contributed by atoms with Crippen LogP contribution in [-0.4, -0.2) is 37.2 Å². The number of nitriles is 1. The molecule has 1 rings (SSSR count). The molecular weight excluding hydrogens is 176 g/mol. The Morgan fingerprint density at radius 1 is 1.57 bits per heavy atom. The molecule has 0 radical (unpaired) electrons. The van der Waals surface area contributed by atoms with Crippen LogP contribution in [0.2, 0.25) is 0 Å². The molecule has 0 bridgehead atoms. The molecule has 0 N–H and O–H groups in total. The third-order valence-corrected chi connectivity index (χ3v) is 2.84. The molecule has 1 unspecified atom stereocenters. The molecule has 3 nitrogen and oxygen atoms in total. The minimum absolute atomic E-state index is 0.433. The molecule has 1 aliphatic carbocycles. The maximum Gasteiger partial charge on any atom is 0.0638 e. The zero-order valence-electron chi connectivity index (χ0n) is 9.20. The molecule has 0 aliphatic heterocycles. The van der Waals surface area contributed by atoms with Gasteiger partial charge in [0.2, 0.25) is 0 Å². The highest BCUT2D eigenvalue weighted by molar-refractivity contribution is 4.91. The summed E-state index contributed by atoms with van der Waals surface area (Å²) in [6.07, 6.45) is 4.31. The lowest BCUT2D eigenvalue weighted by molar-refractivity contribution is 0.112. The van der Waals surface area contributed by atoms with Crippen molar-refractivity contribution in [3.05, 3.63) is 0 Å². The number of ether oxygens (including phenoxy) is 1. The van der Waals surface area contributed by atoms with Crippen LogP contribution in [0.5, 0.6) is 0 Å². The highest BCUT2D eigenvalue weighted by Gasteiger charge is 2.32. The van der Waals surface area contributed by atoms with Gasteiger partial charge in [-0.2, -0.15) is 5.26 Å². The Balaban J connectivity index is 2.42. The van der Waals surface area contributed by atoms with Crippen LogP contribution in [0, 0.1) is 11.3 Å². The first-order valence-electron chi connectivity index (χ1n) is 5.45. The summed E-state index contributed by atoms with van der Waals surface area (Å²) in [7, 11) is 1.73. The highest BCUT2D eigenvalue weighted by atomic mass is 16.5. The Morgan fingerprint density at radius 3 is 2.71 bits per heavy atom. The van der Waals surface area contributed by atoms with Gasteiger partial charge in [-0.1, -0.05) is 6.92 Å². The lowest BCUT2D eigenvalue weighted by atomic mass is 10.1. The van der Waals surface area contributed by atoms with Gasteiger partial charge in [-0.25, -0.2) is 0 Å². The smallest absolute Gasteiger partial charge is 0.0638 e. The fraction of sp³-hybridized carbons (Fsp3) is 0.909. The summed E-state index contributed by atoms with van der Waals surface area (Å²) in [4.78, 5) is 2.45. The van der Waals surface area contributed by atoms with Crippen LogP contribution < -0.4 is 0 Å². The van der Waals surface area contributed by atoms with Gasteiger partial charge in [-0.3, -0.25) is 4.90 Å². The molecule has 0 saturated heterocycles. The molecule has 1 fully saturated rings. The van der Waals surface area contributed by atoms with E-state index in [-0.39, 0.29) is 0 Å². The number of rotatable bonds is 7. The second-order valence-electron chi connectivity index (χ2n) is 3.89. The molecule has 0 amide bonds. The summed E-state index contributed by atoms with van der Waals surface area (Å²) in [6.45, 7) is 3.91. The van der Waals surface area contributed by atoms with Crippen molar-refractivity contribution < 1.29 is 4.74 Å². The minimum Gasteiger partial charge on any atom is -0.383 e. The molecular formula is C11H20N2O. The Bertz CT molecular complexity index is 196. The van der Waals surface area contributed by atoms with Crippen LogP contribution in [-0.2, 0) is 4.74 Å². The van der Waals surface area contributed by atoms with Crippen molar-refractivity contribution in [2.24, 2.45) is 0 Å². The van der Waals surface area contributed by atoms with Crippen molar-refractivity contribution in [2.45, 2.75) is 44.7 Å². The molecule has 1 atom stereocenters. The van der Waals surface area contributed by atoms with Crippen molar-refractivity contribution in [3.63, 3.8) is 0 Å². The second-order valence-corrected chi connectivity index (χ2v) is 3.89. The third kappa shape index (κ3) is 3.28. The normalized spacial score (nSPS) is 18.1. The van der Waals surface area contributed by atoms with E-state index in [1.807, 2.05) is 0 Å². The fourth-order valence-electron chi connectivity index (χ4n) is 1.87. The van der Waals surface area contributed by atoms with E-state index in [0.29, 0.717) is 12.5 Å². The summed E-state index contributed by atoms with van der Waals surface area (Å²) >= 11 is 0. The first-order valence-corrected chi connectivity index (χ1v) is 5.45. The summed E-state index contributed by atoms with van der Waals surface area (Å²) in [5.74, 6) is 0. The molecule has 0 aromatic rings. The van der Waals surface area contributed by atoms with Gasteiger partial charge in [0, 0.05) is 25.7 Å². The largest absolute Gasteiger partial charge is 0.383 e. The zero-order chi connectivity index (χ0) is 10.4. The predicted octanol–water partition coefficient (Wildman–Crippen LogP) is 1.79. The molecule has 0 aromatic carbocycles. The van der Waals surface area contributed by atoms with E-state index < -0.39 is 0 Å². The fourth-order valence-corrected chi connectivity index (χ4v) is 1.87. The quantitative estimate of drug-likeness (QED) is 0.623. The first kappa shape index (κ1) is 11.5. The zero-order valence-corrected chi connectivity index (χ0v) is 9.20. The van der Waals surface area contributed by atoms with Crippen LogP contribution in [0.1, 0.15) is 32.6 Å². The molecule has 1 aliphatic rings. The average molecular weight is 196 g/mol. The van der Waals surface area contributed by atoms with Crippen LogP contribution in [0.3, 0.4) is 0 Å². The number of hydrogen-bond donors (Lipinski definition) is 0. The second kappa shape index (κ2) is 6.00. The Labute approximate surface area is 86.6 Å². The Morgan fingerprint density at radius 2 is 2.29 bits per heavy atom. The van der Waals surface area contributed by atoms with Gasteiger partial charge in [0.05, 0.1) is 19.1 Å². The van der Waals surface area contributed by atoms with Crippen LogP contribution in [0.4, 0.5) is 0 Å². The number of nitrogens with zero attached hydrogens (tertiary/aromatic N) is 2. The van der Waals surface area contributed by atoms with Crippen LogP contribution >= 0.6 is 0 Å². The number of hydrogen-bond acceptors (Lipinski definition) is 3. The highest BCUT2D eigenvalue weighted by Crippen LogP contribution is 2.29. The monoisotopic (exact) mass is 196 g/mol. The summed E-state index contributed by atoms with van der Waals surface area (Å²) in [5.41, 5.74) is 0. The summed E-state index contributed by atoms with van der Waals surface area (Å²) < 4.78 is 5.10.